The Bertz CT molecular complexity index is 419. The minimum absolute atomic E-state index is 0.267. The summed E-state index contributed by atoms with van der Waals surface area (Å²) in [6.45, 7) is 2.08. The zero-order valence-electron chi connectivity index (χ0n) is 10.8. The highest BCUT2D eigenvalue weighted by Crippen LogP contribution is 2.22. The van der Waals surface area contributed by atoms with E-state index in [4.69, 9.17) is 0 Å². The minimum atomic E-state index is -1.04. The van der Waals surface area contributed by atoms with Crippen LogP contribution in [0, 0.1) is 6.92 Å². The number of hydrogen-bond donors (Lipinski definition) is 3. The fraction of sp³-hybridized carbons (Fsp3) is 0.462. The zero-order valence-corrected chi connectivity index (χ0v) is 10.8. The van der Waals surface area contributed by atoms with E-state index in [9.17, 15) is 15.0 Å². The first-order valence-electron chi connectivity index (χ1n) is 5.70. The molecule has 0 fully saturated rings. The number of aryl methyl sites for hydroxylation is 1. The number of hydrogen-bond acceptors (Lipinski definition) is 5. The van der Waals surface area contributed by atoms with Gasteiger partial charge < -0.3 is 20.3 Å². The third-order valence-corrected chi connectivity index (χ3v) is 2.80. The number of ether oxygens (including phenoxy) is 1. The summed E-state index contributed by atoms with van der Waals surface area (Å²) < 4.78 is 4.62. The molecule has 1 aromatic carbocycles. The summed E-state index contributed by atoms with van der Waals surface area (Å²) in [7, 11) is 2.99. The van der Waals surface area contributed by atoms with Crippen molar-refractivity contribution in [2.24, 2.45) is 0 Å². The molecular weight excluding hydrogens is 234 g/mol. The molecule has 0 aliphatic heterocycles. The molecule has 0 aromatic heterocycles. The Morgan fingerprint density at radius 1 is 1.44 bits per heavy atom. The highest BCUT2D eigenvalue weighted by atomic mass is 16.5. The van der Waals surface area contributed by atoms with Gasteiger partial charge in [-0.1, -0.05) is 6.07 Å². The fourth-order valence-electron chi connectivity index (χ4n) is 1.73. The lowest BCUT2D eigenvalue weighted by molar-refractivity contribution is 0.0197. The van der Waals surface area contributed by atoms with E-state index in [1.807, 2.05) is 6.92 Å². The lowest BCUT2D eigenvalue weighted by Gasteiger charge is -2.20. The SMILES string of the molecule is CNCC(O)C(O)c1cc(C(=O)OC)ccc1C. The number of methoxy groups -OCH3 is 1. The van der Waals surface area contributed by atoms with E-state index in [0.29, 0.717) is 11.1 Å². The van der Waals surface area contributed by atoms with Gasteiger partial charge in [-0.2, -0.15) is 0 Å². The second kappa shape index (κ2) is 6.49. The second-order valence-corrected chi connectivity index (χ2v) is 4.13. The van der Waals surface area contributed by atoms with Crippen molar-refractivity contribution in [1.82, 2.24) is 5.32 Å². The smallest absolute Gasteiger partial charge is 0.337 e. The highest BCUT2D eigenvalue weighted by molar-refractivity contribution is 5.89. The van der Waals surface area contributed by atoms with Gasteiger partial charge in [-0.15, -0.1) is 0 Å². The number of rotatable bonds is 5. The highest BCUT2D eigenvalue weighted by Gasteiger charge is 2.20. The van der Waals surface area contributed by atoms with E-state index in [2.05, 4.69) is 10.1 Å². The summed E-state index contributed by atoms with van der Waals surface area (Å²) in [4.78, 5) is 11.4. The van der Waals surface area contributed by atoms with Gasteiger partial charge in [-0.3, -0.25) is 0 Å². The Kier molecular flexibility index (Phi) is 5.27. The number of aliphatic hydroxyl groups is 2. The number of likely N-dealkylation sites (N-methyl/N-ethyl adjacent to an activating group) is 1. The van der Waals surface area contributed by atoms with Crippen LogP contribution >= 0.6 is 0 Å². The Labute approximate surface area is 106 Å². The molecule has 1 rings (SSSR count). The maximum atomic E-state index is 11.4. The van der Waals surface area contributed by atoms with Crippen molar-refractivity contribution in [3.05, 3.63) is 34.9 Å². The zero-order chi connectivity index (χ0) is 13.7. The van der Waals surface area contributed by atoms with Crippen LogP contribution in [-0.4, -0.2) is 43.0 Å². The molecule has 5 nitrogen and oxygen atoms in total. The maximum absolute atomic E-state index is 11.4. The number of carbonyl (C=O) groups is 1. The molecule has 0 saturated heterocycles. The predicted octanol–water partition coefficient (Wildman–Crippen LogP) is 0.395. The summed E-state index contributed by atoms with van der Waals surface area (Å²) >= 11 is 0. The standard InChI is InChI=1S/C13H19NO4/c1-8-4-5-9(13(17)18-3)6-10(8)12(16)11(15)7-14-2/h4-6,11-12,14-16H,7H2,1-3H3. The minimum Gasteiger partial charge on any atom is -0.465 e. The summed E-state index contributed by atoms with van der Waals surface area (Å²) in [6.07, 6.45) is -1.97. The molecule has 2 atom stereocenters. The van der Waals surface area contributed by atoms with Gasteiger partial charge in [0.25, 0.3) is 0 Å². The Morgan fingerprint density at radius 2 is 2.11 bits per heavy atom. The first kappa shape index (κ1) is 14.6. The Hall–Kier alpha value is -1.43. The normalized spacial score (nSPS) is 14.1. The van der Waals surface area contributed by atoms with E-state index in [1.54, 1.807) is 25.2 Å². The molecule has 5 heteroatoms. The number of nitrogens with one attached hydrogen (secondary N) is 1. The molecule has 0 bridgehead atoms. The third kappa shape index (κ3) is 3.29. The molecule has 1 aromatic rings. The number of esters is 1. The van der Waals surface area contributed by atoms with Crippen LogP contribution in [0.15, 0.2) is 18.2 Å². The third-order valence-electron chi connectivity index (χ3n) is 2.80. The van der Waals surface area contributed by atoms with Gasteiger partial charge in [0.05, 0.1) is 18.8 Å². The molecule has 0 saturated carbocycles. The molecule has 0 aliphatic carbocycles. The quantitative estimate of drug-likeness (QED) is 0.662. The number of benzene rings is 1. The van der Waals surface area contributed by atoms with Crippen LogP contribution in [0.3, 0.4) is 0 Å². The Balaban J connectivity index is 3.03. The van der Waals surface area contributed by atoms with E-state index < -0.39 is 18.2 Å². The van der Waals surface area contributed by atoms with Crippen LogP contribution in [0.25, 0.3) is 0 Å². The molecule has 0 spiro atoms. The molecule has 0 heterocycles. The second-order valence-electron chi connectivity index (χ2n) is 4.13. The Morgan fingerprint density at radius 3 is 2.67 bits per heavy atom. The summed E-state index contributed by atoms with van der Waals surface area (Å²) in [5.74, 6) is -0.466. The van der Waals surface area contributed by atoms with Gasteiger partial charge in [0.2, 0.25) is 0 Å². The molecule has 3 N–H and O–H groups in total. The van der Waals surface area contributed by atoms with Gasteiger partial charge in [-0.05, 0) is 37.2 Å². The summed E-state index contributed by atoms with van der Waals surface area (Å²) in [6, 6.07) is 4.89. The fourth-order valence-corrected chi connectivity index (χ4v) is 1.73. The molecule has 0 aliphatic rings. The van der Waals surface area contributed by atoms with Crippen LogP contribution in [0.4, 0.5) is 0 Å². The van der Waals surface area contributed by atoms with Crippen molar-refractivity contribution < 1.29 is 19.7 Å². The van der Waals surface area contributed by atoms with Crippen LogP contribution in [-0.2, 0) is 4.74 Å². The molecule has 18 heavy (non-hydrogen) atoms. The monoisotopic (exact) mass is 253 g/mol. The summed E-state index contributed by atoms with van der Waals surface area (Å²) in [5, 5.41) is 22.6. The average molecular weight is 253 g/mol. The van der Waals surface area contributed by atoms with Gasteiger partial charge in [-0.25, -0.2) is 4.79 Å². The average Bonchev–Trinajstić information content (AvgIpc) is 2.37. The van der Waals surface area contributed by atoms with Crippen molar-refractivity contribution in [3.8, 4) is 0 Å². The molecule has 0 amide bonds. The first-order valence-corrected chi connectivity index (χ1v) is 5.70. The van der Waals surface area contributed by atoms with Crippen LogP contribution in [0.2, 0.25) is 0 Å². The van der Waals surface area contributed by atoms with Crippen molar-refractivity contribution in [1.29, 1.82) is 0 Å². The van der Waals surface area contributed by atoms with E-state index in [-0.39, 0.29) is 6.54 Å². The lowest BCUT2D eigenvalue weighted by atomic mass is 9.97. The molecule has 2 unspecified atom stereocenters. The summed E-state index contributed by atoms with van der Waals surface area (Å²) in [5.41, 5.74) is 1.69. The van der Waals surface area contributed by atoms with Gasteiger partial charge >= 0.3 is 5.97 Å². The van der Waals surface area contributed by atoms with Crippen molar-refractivity contribution in [2.75, 3.05) is 20.7 Å². The van der Waals surface area contributed by atoms with Gasteiger partial charge in [0.1, 0.15) is 6.10 Å². The largest absolute Gasteiger partial charge is 0.465 e. The van der Waals surface area contributed by atoms with E-state index in [1.165, 1.54) is 7.11 Å². The first-order chi connectivity index (χ1) is 8.51. The van der Waals surface area contributed by atoms with Gasteiger partial charge in [0, 0.05) is 6.54 Å². The van der Waals surface area contributed by atoms with Crippen molar-refractivity contribution in [3.63, 3.8) is 0 Å². The maximum Gasteiger partial charge on any atom is 0.337 e. The predicted molar refractivity (Wildman–Crippen MR) is 67.4 cm³/mol. The molecule has 0 radical (unpaired) electrons. The number of aliphatic hydroxyl groups excluding tert-OH is 2. The topological polar surface area (TPSA) is 78.8 Å². The van der Waals surface area contributed by atoms with Crippen LogP contribution in [0.5, 0.6) is 0 Å². The molecular formula is C13H19NO4. The van der Waals surface area contributed by atoms with Crippen LogP contribution in [0.1, 0.15) is 27.6 Å². The number of carbonyl (C=O) groups excluding carboxylic acids is 1. The van der Waals surface area contributed by atoms with E-state index in [0.717, 1.165) is 5.56 Å². The van der Waals surface area contributed by atoms with Crippen LogP contribution < -0.4 is 5.32 Å². The van der Waals surface area contributed by atoms with Crippen molar-refractivity contribution in [2.45, 2.75) is 19.1 Å². The van der Waals surface area contributed by atoms with Crippen molar-refractivity contribution >= 4 is 5.97 Å². The van der Waals surface area contributed by atoms with E-state index >= 15 is 0 Å². The molecule has 100 valence electrons. The van der Waals surface area contributed by atoms with Gasteiger partial charge in [0.15, 0.2) is 0 Å². The lowest BCUT2D eigenvalue weighted by Crippen LogP contribution is -2.30.